The van der Waals surface area contributed by atoms with Gasteiger partial charge in [0.05, 0.1) is 14.2 Å². The smallest absolute Gasteiger partial charge is 0.231 e. The van der Waals surface area contributed by atoms with E-state index in [9.17, 15) is 4.79 Å². The molecule has 0 aliphatic carbocycles. The third kappa shape index (κ3) is 3.32. The number of hydrogen-bond acceptors (Lipinski definition) is 6. The van der Waals surface area contributed by atoms with E-state index in [0.29, 0.717) is 35.0 Å². The fourth-order valence-electron chi connectivity index (χ4n) is 3.67. The molecule has 0 unspecified atom stereocenters. The van der Waals surface area contributed by atoms with Crippen LogP contribution in [0, 0.1) is 0 Å². The molecule has 27 heavy (non-hydrogen) atoms. The lowest BCUT2D eigenvalue weighted by Gasteiger charge is -2.23. The molecule has 0 spiro atoms. The molecule has 0 N–H and O–H groups in total. The molecule has 6 nitrogen and oxygen atoms in total. The zero-order chi connectivity index (χ0) is 19.0. The van der Waals surface area contributed by atoms with Gasteiger partial charge in [-0.25, -0.2) is 0 Å². The summed E-state index contributed by atoms with van der Waals surface area (Å²) in [7, 11) is 5.31. The maximum Gasteiger partial charge on any atom is 0.231 e. The van der Waals surface area contributed by atoms with Crippen LogP contribution in [-0.2, 0) is 19.4 Å². The topological polar surface area (TPSA) is 57.2 Å². The van der Waals surface area contributed by atoms with Gasteiger partial charge < -0.3 is 23.8 Å². The van der Waals surface area contributed by atoms with E-state index >= 15 is 0 Å². The highest BCUT2D eigenvalue weighted by Gasteiger charge is 2.24. The number of carbonyl (C=O) groups is 1. The monoisotopic (exact) mass is 369 g/mol. The molecule has 0 fully saturated rings. The summed E-state index contributed by atoms with van der Waals surface area (Å²) in [6.45, 7) is 1.77. The number of likely N-dealkylation sites (N-methyl/N-ethyl adjacent to an activating group) is 1. The van der Waals surface area contributed by atoms with E-state index in [1.807, 2.05) is 24.3 Å². The highest BCUT2D eigenvalue weighted by molar-refractivity contribution is 6.00. The quantitative estimate of drug-likeness (QED) is 0.811. The molecular weight excluding hydrogens is 346 g/mol. The summed E-state index contributed by atoms with van der Waals surface area (Å²) >= 11 is 0. The Morgan fingerprint density at radius 2 is 1.59 bits per heavy atom. The lowest BCUT2D eigenvalue weighted by atomic mass is 9.92. The second-order valence-corrected chi connectivity index (χ2v) is 6.93. The molecule has 0 amide bonds. The molecule has 0 atom stereocenters. The number of carbonyl (C=O) groups excluding carboxylic acids is 1. The van der Waals surface area contributed by atoms with Gasteiger partial charge in [-0.3, -0.25) is 4.79 Å². The van der Waals surface area contributed by atoms with Crippen molar-refractivity contribution >= 4 is 5.78 Å². The predicted molar refractivity (Wildman–Crippen MR) is 100 cm³/mol. The molecule has 2 aromatic carbocycles. The largest absolute Gasteiger partial charge is 0.493 e. The molecular formula is C21H23NO5. The Bertz CT molecular complexity index is 893. The van der Waals surface area contributed by atoms with Crippen LogP contribution in [0.2, 0.25) is 0 Å². The van der Waals surface area contributed by atoms with E-state index in [0.717, 1.165) is 36.2 Å². The van der Waals surface area contributed by atoms with E-state index in [1.54, 1.807) is 14.2 Å². The first-order valence-corrected chi connectivity index (χ1v) is 8.97. The third-order valence-electron chi connectivity index (χ3n) is 5.16. The van der Waals surface area contributed by atoms with E-state index < -0.39 is 0 Å². The summed E-state index contributed by atoms with van der Waals surface area (Å²) in [6.07, 6.45) is 1.08. The van der Waals surface area contributed by atoms with Crippen molar-refractivity contribution in [3.63, 3.8) is 0 Å². The van der Waals surface area contributed by atoms with Crippen LogP contribution in [0.25, 0.3) is 0 Å². The molecule has 0 saturated carbocycles. The zero-order valence-electron chi connectivity index (χ0n) is 15.8. The Kier molecular flexibility index (Phi) is 4.66. The molecule has 2 aromatic rings. The minimum atomic E-state index is 0.0707. The van der Waals surface area contributed by atoms with Crippen molar-refractivity contribution in [3.05, 3.63) is 46.5 Å². The first-order valence-electron chi connectivity index (χ1n) is 8.97. The molecule has 0 radical (unpaired) electrons. The first-order chi connectivity index (χ1) is 13.1. The molecule has 2 aliphatic heterocycles. The van der Waals surface area contributed by atoms with Crippen molar-refractivity contribution in [2.24, 2.45) is 0 Å². The molecule has 0 bridgehead atoms. The number of ether oxygens (including phenoxy) is 4. The van der Waals surface area contributed by atoms with E-state index in [1.165, 1.54) is 0 Å². The van der Waals surface area contributed by atoms with Crippen molar-refractivity contribution in [3.8, 4) is 23.0 Å². The number of rotatable bonds is 2. The van der Waals surface area contributed by atoms with Crippen molar-refractivity contribution < 1.29 is 23.7 Å². The molecule has 2 aliphatic rings. The summed E-state index contributed by atoms with van der Waals surface area (Å²) in [5.41, 5.74) is 3.73. The summed E-state index contributed by atoms with van der Waals surface area (Å²) in [5.74, 6) is 2.74. The lowest BCUT2D eigenvalue weighted by Crippen LogP contribution is -2.24. The van der Waals surface area contributed by atoms with Crippen LogP contribution >= 0.6 is 0 Å². The van der Waals surface area contributed by atoms with E-state index in [4.69, 9.17) is 18.9 Å². The molecule has 6 heteroatoms. The number of Topliss-reactive ketones (excluding diaryl/α,β-unsaturated/α-hetero) is 1. The fraction of sp³-hybridized carbons (Fsp3) is 0.381. The zero-order valence-corrected chi connectivity index (χ0v) is 15.8. The Labute approximate surface area is 158 Å². The maximum atomic E-state index is 13.1. The van der Waals surface area contributed by atoms with Crippen LogP contribution in [0.3, 0.4) is 0 Å². The van der Waals surface area contributed by atoms with Crippen molar-refractivity contribution in [2.45, 2.75) is 19.4 Å². The first kappa shape index (κ1) is 17.7. The van der Waals surface area contributed by atoms with Crippen LogP contribution in [0.5, 0.6) is 23.0 Å². The van der Waals surface area contributed by atoms with Crippen LogP contribution in [0.15, 0.2) is 24.3 Å². The van der Waals surface area contributed by atoms with Gasteiger partial charge in [0, 0.05) is 25.1 Å². The Hall–Kier alpha value is -2.73. The van der Waals surface area contributed by atoms with Crippen LogP contribution < -0.4 is 18.9 Å². The van der Waals surface area contributed by atoms with Crippen LogP contribution in [0.1, 0.15) is 27.0 Å². The second kappa shape index (κ2) is 7.12. The minimum absolute atomic E-state index is 0.0707. The van der Waals surface area contributed by atoms with E-state index in [-0.39, 0.29) is 12.6 Å². The van der Waals surface area contributed by atoms with E-state index in [2.05, 4.69) is 11.9 Å². The number of nitrogens with zero attached hydrogens (tertiary/aromatic N) is 1. The average molecular weight is 369 g/mol. The summed E-state index contributed by atoms with van der Waals surface area (Å²) in [5, 5.41) is 0. The van der Waals surface area contributed by atoms with Gasteiger partial charge in [-0.15, -0.1) is 0 Å². The normalized spacial score (nSPS) is 16.5. The number of ketones is 1. The van der Waals surface area contributed by atoms with Gasteiger partial charge in [0.25, 0.3) is 0 Å². The van der Waals surface area contributed by atoms with Crippen molar-refractivity contribution in [2.75, 3.05) is 34.6 Å². The maximum absolute atomic E-state index is 13.1. The highest BCUT2D eigenvalue weighted by atomic mass is 16.7. The Morgan fingerprint density at radius 1 is 0.926 bits per heavy atom. The summed E-state index contributed by atoms with van der Waals surface area (Å²) in [4.78, 5) is 15.4. The molecule has 142 valence electrons. The number of hydrogen-bond donors (Lipinski definition) is 0. The standard InChI is InChI=1S/C21H23NO5/c1-22-5-4-13-7-20-21(27-12-26-20)10-16(13)17(23)6-14-8-18(24-2)19(25-3)9-15(14)11-22/h7-10H,4-6,11-12H2,1-3H3. The lowest BCUT2D eigenvalue weighted by molar-refractivity contribution is 0.0990. The predicted octanol–water partition coefficient (Wildman–Crippen LogP) is 2.85. The summed E-state index contributed by atoms with van der Waals surface area (Å²) in [6, 6.07) is 7.65. The summed E-state index contributed by atoms with van der Waals surface area (Å²) < 4.78 is 21.8. The number of methoxy groups -OCH3 is 2. The fourth-order valence-corrected chi connectivity index (χ4v) is 3.67. The van der Waals surface area contributed by atoms with Gasteiger partial charge in [-0.1, -0.05) is 0 Å². The van der Waals surface area contributed by atoms with Gasteiger partial charge in [0.15, 0.2) is 28.8 Å². The van der Waals surface area contributed by atoms with Crippen molar-refractivity contribution in [1.29, 1.82) is 0 Å². The highest BCUT2D eigenvalue weighted by Crippen LogP contribution is 2.37. The van der Waals surface area contributed by atoms with Gasteiger partial charge in [-0.05, 0) is 54.4 Å². The number of fused-ring (bicyclic) bond motifs is 3. The van der Waals surface area contributed by atoms with Crippen LogP contribution in [0.4, 0.5) is 0 Å². The minimum Gasteiger partial charge on any atom is -0.493 e. The second-order valence-electron chi connectivity index (χ2n) is 6.93. The average Bonchev–Trinajstić information content (AvgIpc) is 3.13. The number of benzene rings is 2. The van der Waals surface area contributed by atoms with Gasteiger partial charge in [0.2, 0.25) is 6.79 Å². The molecule has 2 heterocycles. The SMILES string of the molecule is COc1cc2c(cc1OC)CN(C)CCc1cc3c(cc1C(=O)C2)OCO3. The van der Waals surface area contributed by atoms with Gasteiger partial charge in [0.1, 0.15) is 0 Å². The Morgan fingerprint density at radius 3 is 2.30 bits per heavy atom. The molecule has 4 rings (SSSR count). The molecule has 0 aromatic heterocycles. The Balaban J connectivity index is 1.79. The van der Waals surface area contributed by atoms with Gasteiger partial charge >= 0.3 is 0 Å². The molecule has 0 saturated heterocycles. The van der Waals surface area contributed by atoms with Crippen molar-refractivity contribution in [1.82, 2.24) is 4.90 Å². The van der Waals surface area contributed by atoms with Gasteiger partial charge in [-0.2, -0.15) is 0 Å². The third-order valence-corrected chi connectivity index (χ3v) is 5.16. The van der Waals surface area contributed by atoms with Crippen LogP contribution in [-0.4, -0.2) is 45.3 Å².